The zero-order valence-corrected chi connectivity index (χ0v) is 13.9. The summed E-state index contributed by atoms with van der Waals surface area (Å²) in [6.45, 7) is 0.868. The fraction of sp³-hybridized carbons (Fsp3) is 0.368. The molecule has 0 bridgehead atoms. The van der Waals surface area contributed by atoms with Gasteiger partial charge >= 0.3 is 5.97 Å². The molecule has 0 spiro atoms. The van der Waals surface area contributed by atoms with Crippen LogP contribution in [-0.2, 0) is 9.53 Å². The van der Waals surface area contributed by atoms with Crippen molar-refractivity contribution in [1.82, 2.24) is 4.90 Å². The molecule has 0 aliphatic carbocycles. The van der Waals surface area contributed by atoms with Gasteiger partial charge in [0.1, 0.15) is 5.82 Å². The fourth-order valence-electron chi connectivity index (χ4n) is 3.35. The number of hydrogen-bond acceptors (Lipinski definition) is 4. The molecule has 0 saturated carbocycles. The lowest BCUT2D eigenvalue weighted by Gasteiger charge is -2.33. The van der Waals surface area contributed by atoms with Gasteiger partial charge in [0.15, 0.2) is 6.10 Å². The fourth-order valence-corrected chi connectivity index (χ4v) is 3.35. The lowest BCUT2D eigenvalue weighted by atomic mass is 9.90. The van der Waals surface area contributed by atoms with Gasteiger partial charge in [0, 0.05) is 24.0 Å². The van der Waals surface area contributed by atoms with Gasteiger partial charge in [-0.05, 0) is 36.3 Å². The van der Waals surface area contributed by atoms with Crippen molar-refractivity contribution in [2.45, 2.75) is 18.9 Å². The van der Waals surface area contributed by atoms with Gasteiger partial charge in [-0.2, -0.15) is 0 Å². The van der Waals surface area contributed by atoms with E-state index in [0.29, 0.717) is 42.3 Å². The number of fused-ring (bicyclic) bond motifs is 1. The Hall–Kier alpha value is -2.47. The maximum absolute atomic E-state index is 13.9. The monoisotopic (exact) mass is 345 g/mol. The molecule has 132 valence electrons. The van der Waals surface area contributed by atoms with Gasteiger partial charge in [0.05, 0.1) is 7.11 Å². The van der Waals surface area contributed by atoms with E-state index in [1.54, 1.807) is 29.2 Å². The second-order valence-corrected chi connectivity index (χ2v) is 6.24. The van der Waals surface area contributed by atoms with E-state index < -0.39 is 12.1 Å². The van der Waals surface area contributed by atoms with Gasteiger partial charge in [-0.25, -0.2) is 9.18 Å². The number of likely N-dealkylation sites (tertiary alicyclic amines) is 1. The highest BCUT2D eigenvalue weighted by Gasteiger charge is 2.32. The Balaban J connectivity index is 1.76. The van der Waals surface area contributed by atoms with Crippen LogP contribution in [0, 0.1) is 11.7 Å². The molecule has 0 radical (unpaired) electrons. The van der Waals surface area contributed by atoms with E-state index in [-0.39, 0.29) is 17.6 Å². The number of halogens is 1. The Morgan fingerprint density at radius 3 is 2.44 bits per heavy atom. The smallest absolute Gasteiger partial charge is 0.334 e. The van der Waals surface area contributed by atoms with Gasteiger partial charge in [0.2, 0.25) is 0 Å². The van der Waals surface area contributed by atoms with Crippen LogP contribution in [0.2, 0.25) is 0 Å². The second kappa shape index (κ2) is 7.19. The third kappa shape index (κ3) is 3.35. The van der Waals surface area contributed by atoms with Crippen molar-refractivity contribution in [2.75, 3.05) is 20.2 Å². The lowest BCUT2D eigenvalue weighted by molar-refractivity contribution is -0.154. The predicted octanol–water partition coefficient (Wildman–Crippen LogP) is 2.37. The van der Waals surface area contributed by atoms with E-state index in [2.05, 4.69) is 4.74 Å². The molecule has 3 rings (SSSR count). The summed E-state index contributed by atoms with van der Waals surface area (Å²) in [7, 11) is 1.24. The quantitative estimate of drug-likeness (QED) is 0.868. The highest BCUT2D eigenvalue weighted by molar-refractivity contribution is 6.07. The van der Waals surface area contributed by atoms with Gasteiger partial charge in [0.25, 0.3) is 5.91 Å². The highest BCUT2D eigenvalue weighted by Crippen LogP contribution is 2.26. The van der Waals surface area contributed by atoms with Crippen molar-refractivity contribution >= 4 is 22.6 Å². The number of aliphatic hydroxyl groups is 1. The molecule has 1 aliphatic heterocycles. The number of esters is 1. The molecule has 1 N–H and O–H groups in total. The molecule has 1 aliphatic rings. The van der Waals surface area contributed by atoms with Gasteiger partial charge in [-0.15, -0.1) is 0 Å². The molecular weight excluding hydrogens is 325 g/mol. The molecule has 6 heteroatoms. The van der Waals surface area contributed by atoms with Gasteiger partial charge in [-0.3, -0.25) is 4.79 Å². The standard InChI is InChI=1S/C19H20FNO4/c1-25-19(24)17(22)12-8-10-21(11-9-12)18(23)15-6-7-16(20)14-5-3-2-4-13(14)15/h2-7,12,17,22H,8-11H2,1H3/t17-/m0/s1. The SMILES string of the molecule is COC(=O)[C@@H](O)C1CCN(C(=O)c2ccc(F)c3ccccc23)CC1. The summed E-state index contributed by atoms with van der Waals surface area (Å²) in [5.74, 6) is -1.38. The molecule has 1 amide bonds. The first kappa shape index (κ1) is 17.4. The Kier molecular flexibility index (Phi) is 4.99. The Bertz CT molecular complexity index is 799. The summed E-state index contributed by atoms with van der Waals surface area (Å²) in [5, 5.41) is 10.9. The number of ether oxygens (including phenoxy) is 1. The number of piperidine rings is 1. The molecule has 2 aromatic rings. The van der Waals surface area contributed by atoms with Crippen LogP contribution in [-0.4, -0.2) is 48.2 Å². The van der Waals surface area contributed by atoms with Crippen LogP contribution >= 0.6 is 0 Å². The van der Waals surface area contributed by atoms with Gasteiger partial charge in [-0.1, -0.05) is 24.3 Å². The molecule has 1 heterocycles. The molecule has 25 heavy (non-hydrogen) atoms. The summed E-state index contributed by atoms with van der Waals surface area (Å²) < 4.78 is 18.5. The van der Waals surface area contributed by atoms with E-state index in [0.717, 1.165) is 0 Å². The number of carbonyl (C=O) groups excluding carboxylic acids is 2. The molecular formula is C19H20FNO4. The minimum atomic E-state index is -1.16. The molecule has 1 fully saturated rings. The van der Waals surface area contributed by atoms with E-state index in [9.17, 15) is 19.1 Å². The van der Waals surface area contributed by atoms with Crippen LogP contribution < -0.4 is 0 Å². The third-order valence-corrected chi connectivity index (χ3v) is 4.82. The maximum atomic E-state index is 13.9. The van der Waals surface area contributed by atoms with Crippen molar-refractivity contribution in [2.24, 2.45) is 5.92 Å². The van der Waals surface area contributed by atoms with Crippen LogP contribution in [0.3, 0.4) is 0 Å². The second-order valence-electron chi connectivity index (χ2n) is 6.24. The van der Waals surface area contributed by atoms with Crippen molar-refractivity contribution in [3.63, 3.8) is 0 Å². The summed E-state index contributed by atoms with van der Waals surface area (Å²) >= 11 is 0. The predicted molar refractivity (Wildman–Crippen MR) is 90.6 cm³/mol. The van der Waals surface area contributed by atoms with Crippen LogP contribution in [0.15, 0.2) is 36.4 Å². The molecule has 0 unspecified atom stereocenters. The van der Waals surface area contributed by atoms with Crippen molar-refractivity contribution in [3.8, 4) is 0 Å². The summed E-state index contributed by atoms with van der Waals surface area (Å²) in [6, 6.07) is 9.72. The minimum Gasteiger partial charge on any atom is -0.467 e. The van der Waals surface area contributed by atoms with E-state index >= 15 is 0 Å². The minimum absolute atomic E-state index is 0.165. The maximum Gasteiger partial charge on any atom is 0.334 e. The first-order valence-corrected chi connectivity index (χ1v) is 8.25. The van der Waals surface area contributed by atoms with Crippen molar-refractivity contribution < 1.29 is 23.8 Å². The van der Waals surface area contributed by atoms with E-state index in [1.165, 1.54) is 19.2 Å². The first-order chi connectivity index (χ1) is 12.0. The first-order valence-electron chi connectivity index (χ1n) is 8.25. The Labute approximate surface area is 145 Å². The molecule has 1 saturated heterocycles. The largest absolute Gasteiger partial charge is 0.467 e. The molecule has 5 nitrogen and oxygen atoms in total. The molecule has 0 aromatic heterocycles. The van der Waals surface area contributed by atoms with Crippen LogP contribution in [0.1, 0.15) is 23.2 Å². The van der Waals surface area contributed by atoms with E-state index in [1.807, 2.05) is 0 Å². The highest BCUT2D eigenvalue weighted by atomic mass is 19.1. The molecule has 2 aromatic carbocycles. The number of methoxy groups -OCH3 is 1. The molecule has 1 atom stereocenters. The Morgan fingerprint density at radius 2 is 1.80 bits per heavy atom. The number of amides is 1. The van der Waals surface area contributed by atoms with Crippen LogP contribution in [0.4, 0.5) is 4.39 Å². The zero-order valence-electron chi connectivity index (χ0n) is 13.9. The Morgan fingerprint density at radius 1 is 1.16 bits per heavy atom. The normalized spacial score (nSPS) is 16.7. The average Bonchev–Trinajstić information content (AvgIpc) is 2.67. The number of rotatable bonds is 3. The van der Waals surface area contributed by atoms with Gasteiger partial charge < -0.3 is 14.7 Å². The lowest BCUT2D eigenvalue weighted by Crippen LogP contribution is -2.43. The summed E-state index contributed by atoms with van der Waals surface area (Å²) in [4.78, 5) is 26.0. The number of nitrogens with zero attached hydrogens (tertiary/aromatic N) is 1. The number of benzene rings is 2. The van der Waals surface area contributed by atoms with Crippen molar-refractivity contribution in [1.29, 1.82) is 0 Å². The van der Waals surface area contributed by atoms with Crippen LogP contribution in [0.5, 0.6) is 0 Å². The zero-order chi connectivity index (χ0) is 18.0. The number of aliphatic hydroxyl groups excluding tert-OH is 1. The average molecular weight is 345 g/mol. The topological polar surface area (TPSA) is 66.8 Å². The van der Waals surface area contributed by atoms with Crippen LogP contribution in [0.25, 0.3) is 10.8 Å². The number of carbonyl (C=O) groups is 2. The number of hydrogen-bond donors (Lipinski definition) is 1. The summed E-state index contributed by atoms with van der Waals surface area (Å²) in [6.07, 6.45) is -0.128. The van der Waals surface area contributed by atoms with E-state index in [4.69, 9.17) is 0 Å². The van der Waals surface area contributed by atoms with Crippen molar-refractivity contribution in [3.05, 3.63) is 47.8 Å². The summed E-state index contributed by atoms with van der Waals surface area (Å²) in [5.41, 5.74) is 0.462. The third-order valence-electron chi connectivity index (χ3n) is 4.82.